The van der Waals surface area contributed by atoms with E-state index in [-0.39, 0.29) is 17.9 Å². The number of likely N-dealkylation sites (tertiary alicyclic amines) is 1. The number of fused-ring (bicyclic) bond motifs is 1. The van der Waals surface area contributed by atoms with E-state index in [1.165, 1.54) is 4.90 Å². The van der Waals surface area contributed by atoms with Crippen molar-refractivity contribution in [1.29, 1.82) is 0 Å². The van der Waals surface area contributed by atoms with Crippen LogP contribution in [-0.4, -0.2) is 53.1 Å². The second kappa shape index (κ2) is 12.8. The van der Waals surface area contributed by atoms with E-state index in [1.54, 1.807) is 48.8 Å². The molecule has 214 valence electrons. The largest absolute Gasteiger partial charge is 0.507 e. The standard InChI is InChI=1S/C32H34N2O7/c1-3-5-6-14-39-24-11-9-22(17-26(24)38-4-2)29-28(30(35)23-10-12-25-27(18-23)41-16-15-40-25)31(36)32(37)34(29)20-21-8-7-13-33-19-21/h7-13,17-19,29,35H,3-6,14-16,20H2,1-2H3/b30-28+. The molecule has 1 N–H and O–H groups in total. The molecule has 0 saturated carbocycles. The molecule has 9 heteroatoms. The lowest BCUT2D eigenvalue weighted by Gasteiger charge is -2.26. The van der Waals surface area contributed by atoms with Crippen molar-refractivity contribution in [3.05, 3.63) is 83.2 Å². The third kappa shape index (κ3) is 5.99. The molecular weight excluding hydrogens is 524 g/mol. The van der Waals surface area contributed by atoms with Gasteiger partial charge in [-0.25, -0.2) is 0 Å². The molecule has 1 atom stereocenters. The van der Waals surface area contributed by atoms with Crippen molar-refractivity contribution in [2.45, 2.75) is 45.7 Å². The van der Waals surface area contributed by atoms with E-state index < -0.39 is 17.7 Å². The van der Waals surface area contributed by atoms with E-state index >= 15 is 0 Å². The third-order valence-electron chi connectivity index (χ3n) is 7.02. The summed E-state index contributed by atoms with van der Waals surface area (Å²) in [7, 11) is 0. The summed E-state index contributed by atoms with van der Waals surface area (Å²) < 4.78 is 23.2. The van der Waals surface area contributed by atoms with E-state index in [2.05, 4.69) is 11.9 Å². The normalized spacial score (nSPS) is 17.5. The molecule has 1 aromatic heterocycles. The van der Waals surface area contributed by atoms with Gasteiger partial charge in [-0.1, -0.05) is 31.9 Å². The van der Waals surface area contributed by atoms with Crippen molar-refractivity contribution in [2.24, 2.45) is 0 Å². The summed E-state index contributed by atoms with van der Waals surface area (Å²) in [5.41, 5.74) is 1.69. The number of pyridine rings is 1. The lowest BCUT2D eigenvalue weighted by Crippen LogP contribution is -2.29. The van der Waals surface area contributed by atoms with Crippen molar-refractivity contribution in [2.75, 3.05) is 26.4 Å². The Morgan fingerprint density at radius 1 is 1.00 bits per heavy atom. The highest BCUT2D eigenvalue weighted by atomic mass is 16.6. The third-order valence-corrected chi connectivity index (χ3v) is 7.02. The molecule has 3 heterocycles. The highest BCUT2D eigenvalue weighted by Crippen LogP contribution is 2.43. The molecule has 5 rings (SSSR count). The number of benzene rings is 2. The van der Waals surface area contributed by atoms with Gasteiger partial charge in [0.25, 0.3) is 11.7 Å². The minimum atomic E-state index is -0.878. The van der Waals surface area contributed by atoms with Gasteiger partial charge in [0.1, 0.15) is 19.0 Å². The zero-order valence-electron chi connectivity index (χ0n) is 23.3. The summed E-state index contributed by atoms with van der Waals surface area (Å²) in [5.74, 6) is 0.328. The SMILES string of the molecule is CCCCCOc1ccc(C2/C(=C(\O)c3ccc4c(c3)OCCO4)C(=O)C(=O)N2Cc2cccnc2)cc1OCC. The molecule has 0 radical (unpaired) electrons. The lowest BCUT2D eigenvalue weighted by molar-refractivity contribution is -0.140. The zero-order chi connectivity index (χ0) is 28.8. The average Bonchev–Trinajstić information content (AvgIpc) is 3.25. The maximum Gasteiger partial charge on any atom is 0.295 e. The molecule has 1 saturated heterocycles. The Bertz CT molecular complexity index is 1440. The molecular formula is C32H34N2O7. The second-order valence-electron chi connectivity index (χ2n) is 9.84. The first-order valence-electron chi connectivity index (χ1n) is 14.0. The Kier molecular flexibility index (Phi) is 8.72. The number of rotatable bonds is 11. The number of carbonyl (C=O) groups is 2. The molecule has 0 aliphatic carbocycles. The summed E-state index contributed by atoms with van der Waals surface area (Å²) >= 11 is 0. The van der Waals surface area contributed by atoms with Crippen LogP contribution in [0.25, 0.3) is 5.76 Å². The van der Waals surface area contributed by atoms with Crippen molar-refractivity contribution in [3.8, 4) is 23.0 Å². The van der Waals surface area contributed by atoms with E-state index in [0.717, 1.165) is 24.8 Å². The van der Waals surface area contributed by atoms with Crippen molar-refractivity contribution in [1.82, 2.24) is 9.88 Å². The first kappa shape index (κ1) is 28.0. The minimum Gasteiger partial charge on any atom is -0.507 e. The van der Waals surface area contributed by atoms with Gasteiger partial charge in [0.2, 0.25) is 0 Å². The Labute approximate surface area is 239 Å². The van der Waals surface area contributed by atoms with Gasteiger partial charge in [-0.2, -0.15) is 0 Å². The number of amides is 1. The minimum absolute atomic E-state index is 0.0189. The fourth-order valence-electron chi connectivity index (χ4n) is 5.04. The fourth-order valence-corrected chi connectivity index (χ4v) is 5.04. The summed E-state index contributed by atoms with van der Waals surface area (Å²) in [6.45, 7) is 5.90. The molecule has 9 nitrogen and oxygen atoms in total. The number of carbonyl (C=O) groups excluding carboxylic acids is 2. The van der Waals surface area contributed by atoms with E-state index in [4.69, 9.17) is 18.9 Å². The van der Waals surface area contributed by atoms with Crippen molar-refractivity contribution in [3.63, 3.8) is 0 Å². The van der Waals surface area contributed by atoms with Gasteiger partial charge in [-0.3, -0.25) is 14.6 Å². The number of unbranched alkanes of at least 4 members (excludes halogenated alkanes) is 2. The van der Waals surface area contributed by atoms with Gasteiger partial charge < -0.3 is 29.0 Å². The van der Waals surface area contributed by atoms with Gasteiger partial charge in [-0.05, 0) is 60.9 Å². The van der Waals surface area contributed by atoms with E-state index in [1.807, 2.05) is 19.1 Å². The summed E-state index contributed by atoms with van der Waals surface area (Å²) in [6.07, 6.45) is 6.36. The van der Waals surface area contributed by atoms with Gasteiger partial charge in [0.15, 0.2) is 23.0 Å². The van der Waals surface area contributed by atoms with Gasteiger partial charge >= 0.3 is 0 Å². The van der Waals surface area contributed by atoms with Gasteiger partial charge in [0, 0.05) is 24.5 Å². The number of hydrogen-bond acceptors (Lipinski definition) is 8. The smallest absolute Gasteiger partial charge is 0.295 e. The molecule has 1 fully saturated rings. The molecule has 3 aromatic rings. The maximum atomic E-state index is 13.5. The Balaban J connectivity index is 1.59. The molecule has 1 amide bonds. The monoisotopic (exact) mass is 558 g/mol. The number of aliphatic hydroxyl groups is 1. The number of aliphatic hydroxyl groups excluding tert-OH is 1. The van der Waals surface area contributed by atoms with Crippen LogP contribution in [0.15, 0.2) is 66.5 Å². The quantitative estimate of drug-likeness (QED) is 0.143. The molecule has 0 spiro atoms. The maximum absolute atomic E-state index is 13.5. The molecule has 0 bridgehead atoms. The lowest BCUT2D eigenvalue weighted by atomic mass is 9.94. The van der Waals surface area contributed by atoms with Gasteiger partial charge in [-0.15, -0.1) is 0 Å². The summed E-state index contributed by atoms with van der Waals surface area (Å²) in [5, 5.41) is 11.5. The van der Waals surface area contributed by atoms with Crippen LogP contribution in [0, 0.1) is 0 Å². The van der Waals surface area contributed by atoms with Crippen LogP contribution in [0.5, 0.6) is 23.0 Å². The first-order valence-corrected chi connectivity index (χ1v) is 14.0. The Morgan fingerprint density at radius 2 is 1.83 bits per heavy atom. The average molecular weight is 559 g/mol. The molecule has 41 heavy (non-hydrogen) atoms. The fraction of sp³-hybridized carbons (Fsp3) is 0.344. The number of nitrogens with zero attached hydrogens (tertiary/aromatic N) is 2. The number of ketones is 1. The number of aromatic nitrogens is 1. The van der Waals surface area contributed by atoms with Crippen LogP contribution >= 0.6 is 0 Å². The zero-order valence-corrected chi connectivity index (χ0v) is 23.3. The van der Waals surface area contributed by atoms with Crippen LogP contribution < -0.4 is 18.9 Å². The number of hydrogen-bond donors (Lipinski definition) is 1. The van der Waals surface area contributed by atoms with Crippen LogP contribution in [0.2, 0.25) is 0 Å². The highest BCUT2D eigenvalue weighted by Gasteiger charge is 2.46. The Morgan fingerprint density at radius 3 is 2.59 bits per heavy atom. The summed E-state index contributed by atoms with van der Waals surface area (Å²) in [4.78, 5) is 32.6. The topological polar surface area (TPSA) is 107 Å². The predicted octanol–water partition coefficient (Wildman–Crippen LogP) is 5.44. The Hall–Kier alpha value is -4.53. The van der Waals surface area contributed by atoms with Crippen molar-refractivity contribution < 1.29 is 33.6 Å². The number of Topliss-reactive ketones (excluding diaryl/α,β-unsaturated/α-hetero) is 1. The second-order valence-corrected chi connectivity index (χ2v) is 9.84. The predicted molar refractivity (Wildman–Crippen MR) is 152 cm³/mol. The first-order chi connectivity index (χ1) is 20.0. The molecule has 1 unspecified atom stereocenters. The van der Waals surface area contributed by atoms with Crippen molar-refractivity contribution >= 4 is 17.4 Å². The van der Waals surface area contributed by atoms with Crippen LogP contribution in [0.1, 0.15) is 55.8 Å². The van der Waals surface area contributed by atoms with Crippen LogP contribution in [-0.2, 0) is 16.1 Å². The van der Waals surface area contributed by atoms with Gasteiger partial charge in [0.05, 0.1) is 24.8 Å². The summed E-state index contributed by atoms with van der Waals surface area (Å²) in [6, 6.07) is 13.1. The molecule has 2 aliphatic heterocycles. The van der Waals surface area contributed by atoms with E-state index in [0.29, 0.717) is 60.6 Å². The molecule has 2 aromatic carbocycles. The van der Waals surface area contributed by atoms with Crippen LogP contribution in [0.3, 0.4) is 0 Å². The highest BCUT2D eigenvalue weighted by molar-refractivity contribution is 6.46. The molecule has 2 aliphatic rings. The number of ether oxygens (including phenoxy) is 4. The van der Waals surface area contributed by atoms with Crippen LogP contribution in [0.4, 0.5) is 0 Å². The van der Waals surface area contributed by atoms with E-state index in [9.17, 15) is 14.7 Å².